The van der Waals surface area contributed by atoms with Gasteiger partial charge < -0.3 is 10.0 Å². The summed E-state index contributed by atoms with van der Waals surface area (Å²) in [6.07, 6.45) is 2.46. The lowest BCUT2D eigenvalue weighted by atomic mass is 10.1. The lowest BCUT2D eigenvalue weighted by molar-refractivity contribution is 0.0178. The predicted octanol–water partition coefficient (Wildman–Crippen LogP) is 0.749. The Hall–Kier alpha value is -1.53. The van der Waals surface area contributed by atoms with E-state index in [4.69, 9.17) is 0 Å². The molecular formula is C14H20FN3O2. The van der Waals surface area contributed by atoms with Crippen molar-refractivity contribution in [3.63, 3.8) is 0 Å². The lowest BCUT2D eigenvalue weighted by Crippen LogP contribution is -2.52. The molecule has 1 amide bonds. The fourth-order valence-corrected chi connectivity index (χ4v) is 2.37. The molecule has 6 heteroatoms. The summed E-state index contributed by atoms with van der Waals surface area (Å²) in [6, 6.07) is 1.21. The summed E-state index contributed by atoms with van der Waals surface area (Å²) >= 11 is 0. The van der Waals surface area contributed by atoms with Gasteiger partial charge in [-0.05, 0) is 19.9 Å². The highest BCUT2D eigenvalue weighted by Crippen LogP contribution is 2.11. The molecule has 2 heterocycles. The van der Waals surface area contributed by atoms with Gasteiger partial charge in [-0.2, -0.15) is 0 Å². The number of halogens is 1. The van der Waals surface area contributed by atoms with Crippen LogP contribution in [0.2, 0.25) is 0 Å². The Balaban J connectivity index is 1.92. The molecule has 1 aliphatic rings. The van der Waals surface area contributed by atoms with Gasteiger partial charge >= 0.3 is 0 Å². The van der Waals surface area contributed by atoms with Gasteiger partial charge in [-0.1, -0.05) is 0 Å². The summed E-state index contributed by atoms with van der Waals surface area (Å²) < 4.78 is 13.1. The molecule has 0 aliphatic carbocycles. The second-order valence-corrected chi connectivity index (χ2v) is 5.77. The molecular weight excluding hydrogens is 261 g/mol. The van der Waals surface area contributed by atoms with E-state index in [0.29, 0.717) is 32.7 Å². The zero-order valence-electron chi connectivity index (χ0n) is 11.8. The molecule has 0 radical (unpaired) electrons. The van der Waals surface area contributed by atoms with Crippen LogP contribution in [0.25, 0.3) is 0 Å². The van der Waals surface area contributed by atoms with Crippen molar-refractivity contribution in [2.75, 3.05) is 32.7 Å². The average Bonchev–Trinajstić information content (AvgIpc) is 2.37. The number of carbonyl (C=O) groups is 1. The molecule has 0 unspecified atom stereocenters. The zero-order valence-corrected chi connectivity index (χ0v) is 11.8. The van der Waals surface area contributed by atoms with Gasteiger partial charge in [-0.15, -0.1) is 0 Å². The van der Waals surface area contributed by atoms with Crippen molar-refractivity contribution in [2.45, 2.75) is 19.4 Å². The van der Waals surface area contributed by atoms with Gasteiger partial charge in [-0.25, -0.2) is 4.39 Å². The number of pyridine rings is 1. The number of aliphatic hydroxyl groups is 1. The fourth-order valence-electron chi connectivity index (χ4n) is 2.37. The van der Waals surface area contributed by atoms with Crippen molar-refractivity contribution in [2.24, 2.45) is 0 Å². The third kappa shape index (κ3) is 3.98. The molecule has 20 heavy (non-hydrogen) atoms. The number of nitrogens with zero attached hydrogens (tertiary/aromatic N) is 3. The minimum absolute atomic E-state index is 0.195. The largest absolute Gasteiger partial charge is 0.389 e. The first kappa shape index (κ1) is 14.9. The van der Waals surface area contributed by atoms with Crippen molar-refractivity contribution in [1.82, 2.24) is 14.8 Å². The van der Waals surface area contributed by atoms with E-state index in [1.54, 1.807) is 18.7 Å². The van der Waals surface area contributed by atoms with Crippen LogP contribution in [0.3, 0.4) is 0 Å². The first-order valence-corrected chi connectivity index (χ1v) is 6.70. The number of hydrogen-bond donors (Lipinski definition) is 1. The molecule has 1 aromatic rings. The number of carbonyl (C=O) groups excluding carboxylic acids is 1. The van der Waals surface area contributed by atoms with E-state index in [9.17, 15) is 14.3 Å². The summed E-state index contributed by atoms with van der Waals surface area (Å²) in [5.41, 5.74) is -0.459. The van der Waals surface area contributed by atoms with Crippen LogP contribution in [0.15, 0.2) is 18.5 Å². The number of β-amino-alcohol motifs (C(OH)–C–C–N with tert-alkyl or cyclic N) is 1. The van der Waals surface area contributed by atoms with E-state index in [-0.39, 0.29) is 11.5 Å². The Morgan fingerprint density at radius 1 is 1.35 bits per heavy atom. The standard InChI is InChI=1S/C14H20FN3O2/c1-14(2,20)10-17-3-5-18(6-4-17)13(19)11-7-12(15)9-16-8-11/h7-9,20H,3-6,10H2,1-2H3. The second kappa shape index (κ2) is 5.85. The maximum Gasteiger partial charge on any atom is 0.255 e. The summed E-state index contributed by atoms with van der Waals surface area (Å²) in [6.45, 7) is 6.68. The van der Waals surface area contributed by atoms with Crippen LogP contribution in [-0.2, 0) is 0 Å². The number of amides is 1. The number of rotatable bonds is 3. The molecule has 0 bridgehead atoms. The third-order valence-electron chi connectivity index (χ3n) is 3.22. The molecule has 1 aromatic heterocycles. The number of hydrogen-bond acceptors (Lipinski definition) is 4. The van der Waals surface area contributed by atoms with Gasteiger partial charge in [0.15, 0.2) is 0 Å². The van der Waals surface area contributed by atoms with E-state index in [2.05, 4.69) is 9.88 Å². The fraction of sp³-hybridized carbons (Fsp3) is 0.571. The molecule has 0 saturated carbocycles. The maximum absolute atomic E-state index is 13.1. The van der Waals surface area contributed by atoms with Crippen LogP contribution < -0.4 is 0 Å². The molecule has 110 valence electrons. The van der Waals surface area contributed by atoms with Crippen LogP contribution in [0, 0.1) is 5.82 Å². The molecule has 1 saturated heterocycles. The highest BCUT2D eigenvalue weighted by atomic mass is 19.1. The predicted molar refractivity (Wildman–Crippen MR) is 72.8 cm³/mol. The summed E-state index contributed by atoms with van der Waals surface area (Å²) in [5.74, 6) is -0.698. The van der Waals surface area contributed by atoms with Gasteiger partial charge in [0.25, 0.3) is 5.91 Å². The van der Waals surface area contributed by atoms with Gasteiger partial charge in [0.2, 0.25) is 0 Å². The summed E-state index contributed by atoms with van der Waals surface area (Å²) in [7, 11) is 0. The lowest BCUT2D eigenvalue weighted by Gasteiger charge is -2.37. The Kier molecular flexibility index (Phi) is 4.35. The highest BCUT2D eigenvalue weighted by Gasteiger charge is 2.25. The molecule has 1 fully saturated rings. The Morgan fingerprint density at radius 3 is 2.55 bits per heavy atom. The van der Waals surface area contributed by atoms with Crippen molar-refractivity contribution >= 4 is 5.91 Å². The van der Waals surface area contributed by atoms with E-state index in [0.717, 1.165) is 6.20 Å². The topological polar surface area (TPSA) is 56.7 Å². The minimum Gasteiger partial charge on any atom is -0.389 e. The average molecular weight is 281 g/mol. The number of piperazine rings is 1. The van der Waals surface area contributed by atoms with E-state index >= 15 is 0 Å². The van der Waals surface area contributed by atoms with Crippen molar-refractivity contribution in [3.8, 4) is 0 Å². The molecule has 2 rings (SSSR count). The van der Waals surface area contributed by atoms with E-state index in [1.807, 2.05) is 0 Å². The van der Waals surface area contributed by atoms with Crippen LogP contribution in [0.1, 0.15) is 24.2 Å². The first-order chi connectivity index (χ1) is 9.35. The van der Waals surface area contributed by atoms with Crippen LogP contribution in [0.4, 0.5) is 4.39 Å². The Morgan fingerprint density at radius 2 is 2.00 bits per heavy atom. The van der Waals surface area contributed by atoms with E-state index < -0.39 is 11.4 Å². The van der Waals surface area contributed by atoms with Crippen LogP contribution >= 0.6 is 0 Å². The van der Waals surface area contributed by atoms with Gasteiger partial charge in [-0.3, -0.25) is 14.7 Å². The SMILES string of the molecule is CC(C)(O)CN1CCN(C(=O)c2cncc(F)c2)CC1. The second-order valence-electron chi connectivity index (χ2n) is 5.77. The van der Waals surface area contributed by atoms with Gasteiger partial charge in [0.05, 0.1) is 17.4 Å². The van der Waals surface area contributed by atoms with E-state index in [1.165, 1.54) is 12.3 Å². The van der Waals surface area contributed by atoms with Crippen molar-refractivity contribution < 1.29 is 14.3 Å². The monoisotopic (exact) mass is 281 g/mol. The Labute approximate surface area is 118 Å². The summed E-state index contributed by atoms with van der Waals surface area (Å²) in [4.78, 5) is 19.7. The first-order valence-electron chi connectivity index (χ1n) is 6.70. The Bertz CT molecular complexity index is 480. The molecule has 0 spiro atoms. The molecule has 5 nitrogen and oxygen atoms in total. The van der Waals surface area contributed by atoms with Gasteiger partial charge in [0, 0.05) is 38.9 Å². The molecule has 0 atom stereocenters. The van der Waals surface area contributed by atoms with Gasteiger partial charge in [0.1, 0.15) is 5.82 Å². The maximum atomic E-state index is 13.1. The molecule has 1 N–H and O–H groups in total. The van der Waals surface area contributed by atoms with Crippen molar-refractivity contribution in [1.29, 1.82) is 0 Å². The summed E-state index contributed by atoms with van der Waals surface area (Å²) in [5, 5.41) is 9.78. The quantitative estimate of drug-likeness (QED) is 0.888. The minimum atomic E-state index is -0.737. The third-order valence-corrected chi connectivity index (χ3v) is 3.22. The van der Waals surface area contributed by atoms with Crippen LogP contribution in [0.5, 0.6) is 0 Å². The molecule has 1 aliphatic heterocycles. The zero-order chi connectivity index (χ0) is 14.8. The number of aromatic nitrogens is 1. The molecule has 0 aromatic carbocycles. The van der Waals surface area contributed by atoms with Crippen LogP contribution in [-0.4, -0.2) is 64.1 Å². The normalized spacial score (nSPS) is 17.3. The van der Waals surface area contributed by atoms with Crippen molar-refractivity contribution in [3.05, 3.63) is 29.8 Å². The highest BCUT2D eigenvalue weighted by molar-refractivity contribution is 5.94. The smallest absolute Gasteiger partial charge is 0.255 e.